The molecular weight excluding hydrogens is 196 g/mol. The van der Waals surface area contributed by atoms with Gasteiger partial charge < -0.3 is 5.11 Å². The van der Waals surface area contributed by atoms with E-state index in [1.54, 1.807) is 0 Å². The Bertz CT molecular complexity index is 228. The summed E-state index contributed by atoms with van der Waals surface area (Å²) in [6.07, 6.45) is 9.96. The molecule has 1 aliphatic rings. The third-order valence-electron chi connectivity index (χ3n) is 4.01. The summed E-state index contributed by atoms with van der Waals surface area (Å²) in [5.74, 6) is 2.18. The van der Waals surface area contributed by atoms with Gasteiger partial charge in [0.1, 0.15) is 0 Å². The van der Waals surface area contributed by atoms with Crippen LogP contribution in [0.2, 0.25) is 0 Å². The van der Waals surface area contributed by atoms with Gasteiger partial charge in [0.2, 0.25) is 0 Å². The molecule has 0 bridgehead atoms. The van der Waals surface area contributed by atoms with Crippen LogP contribution < -0.4 is 0 Å². The van der Waals surface area contributed by atoms with E-state index < -0.39 is 5.60 Å². The maximum atomic E-state index is 10.2. The summed E-state index contributed by atoms with van der Waals surface area (Å²) in [5, 5.41) is 10.2. The van der Waals surface area contributed by atoms with E-state index in [2.05, 4.69) is 32.9 Å². The zero-order chi connectivity index (χ0) is 12.2. The standard InChI is InChI=1S/C15H28O/c1-12(2)14-8-7-13(3)6-5-10-15(4,16)11-9-14/h5-6,12-14,16H,7-11H2,1-4H3/b6-5-/t13-,14+,15+/m0/s1. The highest BCUT2D eigenvalue weighted by atomic mass is 16.3. The van der Waals surface area contributed by atoms with E-state index in [4.69, 9.17) is 0 Å². The smallest absolute Gasteiger partial charge is 0.0654 e. The van der Waals surface area contributed by atoms with Crippen molar-refractivity contribution in [2.75, 3.05) is 0 Å². The summed E-state index contributed by atoms with van der Waals surface area (Å²) >= 11 is 0. The maximum absolute atomic E-state index is 10.2. The van der Waals surface area contributed by atoms with E-state index in [-0.39, 0.29) is 0 Å². The second kappa shape index (κ2) is 5.86. The van der Waals surface area contributed by atoms with Crippen molar-refractivity contribution >= 4 is 0 Å². The van der Waals surface area contributed by atoms with Crippen LogP contribution in [-0.4, -0.2) is 10.7 Å². The lowest BCUT2D eigenvalue weighted by Crippen LogP contribution is -2.26. The Labute approximate surface area is 101 Å². The fourth-order valence-electron chi connectivity index (χ4n) is 2.54. The molecule has 0 spiro atoms. The van der Waals surface area contributed by atoms with Crippen molar-refractivity contribution in [2.24, 2.45) is 17.8 Å². The van der Waals surface area contributed by atoms with Crippen molar-refractivity contribution in [3.05, 3.63) is 12.2 Å². The van der Waals surface area contributed by atoms with Crippen LogP contribution in [0.3, 0.4) is 0 Å². The third-order valence-corrected chi connectivity index (χ3v) is 4.01. The van der Waals surface area contributed by atoms with Crippen LogP contribution >= 0.6 is 0 Å². The van der Waals surface area contributed by atoms with E-state index >= 15 is 0 Å². The van der Waals surface area contributed by atoms with Crippen LogP contribution in [0.1, 0.15) is 59.8 Å². The van der Waals surface area contributed by atoms with Gasteiger partial charge in [-0.15, -0.1) is 0 Å². The lowest BCUT2D eigenvalue weighted by atomic mass is 9.80. The van der Waals surface area contributed by atoms with Crippen molar-refractivity contribution in [1.29, 1.82) is 0 Å². The molecule has 0 aromatic heterocycles. The molecular formula is C15H28O. The molecule has 0 fully saturated rings. The SMILES string of the molecule is CC(C)[C@@H]1CC[C@@H](C)/C=C\C[C@@](C)(O)CC1. The average molecular weight is 224 g/mol. The van der Waals surface area contributed by atoms with E-state index in [1.165, 1.54) is 19.3 Å². The first kappa shape index (κ1) is 13.8. The Kier molecular flexibility index (Phi) is 5.04. The highest BCUT2D eigenvalue weighted by molar-refractivity contribution is 4.93. The predicted molar refractivity (Wildman–Crippen MR) is 70.3 cm³/mol. The monoisotopic (exact) mass is 224 g/mol. The van der Waals surface area contributed by atoms with E-state index in [0.717, 1.165) is 24.7 Å². The molecule has 1 nitrogen and oxygen atoms in total. The second-order valence-corrected chi connectivity index (χ2v) is 6.23. The number of allylic oxidation sites excluding steroid dienone is 1. The molecule has 0 heterocycles. The number of hydrogen-bond acceptors (Lipinski definition) is 1. The lowest BCUT2D eigenvalue weighted by Gasteiger charge is -2.28. The minimum atomic E-state index is -0.499. The normalized spacial score (nSPS) is 39.6. The second-order valence-electron chi connectivity index (χ2n) is 6.23. The summed E-state index contributed by atoms with van der Waals surface area (Å²) < 4.78 is 0. The quantitative estimate of drug-likeness (QED) is 0.663. The summed E-state index contributed by atoms with van der Waals surface area (Å²) in [6, 6.07) is 0. The molecule has 0 aromatic rings. The van der Waals surface area contributed by atoms with Gasteiger partial charge in [0.15, 0.2) is 0 Å². The van der Waals surface area contributed by atoms with Crippen molar-refractivity contribution in [3.8, 4) is 0 Å². The predicted octanol–water partition coefficient (Wildman–Crippen LogP) is 4.17. The Morgan fingerprint density at radius 3 is 2.56 bits per heavy atom. The van der Waals surface area contributed by atoms with Gasteiger partial charge in [0.25, 0.3) is 0 Å². The Morgan fingerprint density at radius 2 is 1.94 bits per heavy atom. The number of rotatable bonds is 1. The zero-order valence-electron chi connectivity index (χ0n) is 11.4. The van der Waals surface area contributed by atoms with Crippen LogP contribution in [0.15, 0.2) is 12.2 Å². The highest BCUT2D eigenvalue weighted by Gasteiger charge is 2.23. The fourth-order valence-corrected chi connectivity index (χ4v) is 2.54. The average Bonchev–Trinajstić information content (AvgIpc) is 2.16. The molecule has 1 rings (SSSR count). The summed E-state index contributed by atoms with van der Waals surface area (Å²) in [6.45, 7) is 8.88. The van der Waals surface area contributed by atoms with Crippen LogP contribution in [0.4, 0.5) is 0 Å². The molecule has 0 unspecified atom stereocenters. The number of hydrogen-bond donors (Lipinski definition) is 1. The zero-order valence-corrected chi connectivity index (χ0v) is 11.4. The largest absolute Gasteiger partial charge is 0.390 e. The molecule has 0 saturated carbocycles. The molecule has 0 saturated heterocycles. The Balaban J connectivity index is 2.66. The van der Waals surface area contributed by atoms with Crippen LogP contribution in [0, 0.1) is 17.8 Å². The van der Waals surface area contributed by atoms with Crippen LogP contribution in [0.25, 0.3) is 0 Å². The minimum absolute atomic E-state index is 0.499. The lowest BCUT2D eigenvalue weighted by molar-refractivity contribution is 0.0430. The van der Waals surface area contributed by atoms with Gasteiger partial charge in [-0.1, -0.05) is 32.9 Å². The van der Waals surface area contributed by atoms with Gasteiger partial charge in [0.05, 0.1) is 5.60 Å². The number of aliphatic hydroxyl groups is 1. The molecule has 94 valence electrons. The molecule has 0 radical (unpaired) electrons. The molecule has 1 N–H and O–H groups in total. The van der Waals surface area contributed by atoms with Gasteiger partial charge in [-0.25, -0.2) is 0 Å². The molecule has 0 aliphatic heterocycles. The fraction of sp³-hybridized carbons (Fsp3) is 0.867. The van der Waals surface area contributed by atoms with E-state index in [9.17, 15) is 5.11 Å². The maximum Gasteiger partial charge on any atom is 0.0654 e. The van der Waals surface area contributed by atoms with Gasteiger partial charge in [0, 0.05) is 0 Å². The minimum Gasteiger partial charge on any atom is -0.390 e. The van der Waals surface area contributed by atoms with Gasteiger partial charge in [-0.2, -0.15) is 0 Å². The van der Waals surface area contributed by atoms with E-state index in [1.807, 2.05) is 6.92 Å². The summed E-state index contributed by atoms with van der Waals surface area (Å²) in [7, 11) is 0. The van der Waals surface area contributed by atoms with Gasteiger partial charge in [-0.05, 0) is 56.8 Å². The molecule has 3 atom stereocenters. The first-order chi connectivity index (χ1) is 7.41. The molecule has 1 aliphatic carbocycles. The summed E-state index contributed by atoms with van der Waals surface area (Å²) in [4.78, 5) is 0. The van der Waals surface area contributed by atoms with Crippen molar-refractivity contribution in [2.45, 2.75) is 65.4 Å². The van der Waals surface area contributed by atoms with Crippen molar-refractivity contribution in [3.63, 3.8) is 0 Å². The van der Waals surface area contributed by atoms with Gasteiger partial charge in [-0.3, -0.25) is 0 Å². The molecule has 16 heavy (non-hydrogen) atoms. The van der Waals surface area contributed by atoms with Crippen molar-refractivity contribution < 1.29 is 5.11 Å². The third kappa shape index (κ3) is 4.69. The van der Waals surface area contributed by atoms with Gasteiger partial charge >= 0.3 is 0 Å². The first-order valence-corrected chi connectivity index (χ1v) is 6.80. The molecule has 1 heteroatoms. The van der Waals surface area contributed by atoms with E-state index in [0.29, 0.717) is 5.92 Å². The summed E-state index contributed by atoms with van der Waals surface area (Å²) in [5.41, 5.74) is -0.499. The Morgan fingerprint density at radius 1 is 1.25 bits per heavy atom. The first-order valence-electron chi connectivity index (χ1n) is 6.80. The Hall–Kier alpha value is -0.300. The van der Waals surface area contributed by atoms with Crippen molar-refractivity contribution in [1.82, 2.24) is 0 Å². The topological polar surface area (TPSA) is 20.2 Å². The van der Waals surface area contributed by atoms with Crippen LogP contribution in [0.5, 0.6) is 0 Å². The highest BCUT2D eigenvalue weighted by Crippen LogP contribution is 2.30. The molecule has 0 amide bonds. The molecule has 0 aromatic carbocycles. The van der Waals surface area contributed by atoms with Crippen LogP contribution in [-0.2, 0) is 0 Å².